The van der Waals surface area contributed by atoms with E-state index in [1.807, 2.05) is 24.3 Å². The van der Waals surface area contributed by atoms with Crippen LogP contribution in [0.4, 0.5) is 0 Å². The largest absolute Gasteiger partial charge is 0.476 e. The minimum absolute atomic E-state index is 0.00186. The highest BCUT2D eigenvalue weighted by Gasteiger charge is 2.47. The van der Waals surface area contributed by atoms with E-state index in [9.17, 15) is 14.4 Å². The molecule has 0 atom stereocenters. The van der Waals surface area contributed by atoms with Gasteiger partial charge < -0.3 is 14.2 Å². The van der Waals surface area contributed by atoms with Gasteiger partial charge in [-0.15, -0.1) is 0 Å². The van der Waals surface area contributed by atoms with E-state index in [1.165, 1.54) is 7.11 Å². The lowest BCUT2D eigenvalue weighted by atomic mass is 9.79. The van der Waals surface area contributed by atoms with Crippen molar-refractivity contribution >= 4 is 17.7 Å². The average Bonchev–Trinajstić information content (AvgIpc) is 3.20. The number of benzene rings is 1. The van der Waals surface area contributed by atoms with E-state index >= 15 is 0 Å². The number of carbonyl (C=O) groups is 3. The van der Waals surface area contributed by atoms with Crippen LogP contribution >= 0.6 is 0 Å². The summed E-state index contributed by atoms with van der Waals surface area (Å²) in [6, 6.07) is 7.47. The van der Waals surface area contributed by atoms with Crippen LogP contribution in [0.25, 0.3) is 0 Å². The van der Waals surface area contributed by atoms with Gasteiger partial charge in [-0.3, -0.25) is 9.59 Å². The first-order chi connectivity index (χ1) is 13.7. The van der Waals surface area contributed by atoms with E-state index < -0.39 is 17.0 Å². The van der Waals surface area contributed by atoms with Gasteiger partial charge in [-0.25, -0.2) is 4.79 Å². The molecule has 1 aliphatic carbocycles. The maximum absolute atomic E-state index is 12.7. The van der Waals surface area contributed by atoms with Crippen LogP contribution < -0.4 is 4.74 Å². The van der Waals surface area contributed by atoms with Crippen molar-refractivity contribution in [1.29, 1.82) is 0 Å². The van der Waals surface area contributed by atoms with Crippen LogP contribution in [0.3, 0.4) is 0 Å². The number of ketones is 1. The van der Waals surface area contributed by atoms with E-state index in [1.54, 1.807) is 20.8 Å². The summed E-state index contributed by atoms with van der Waals surface area (Å²) in [7, 11) is 1.35. The third kappa shape index (κ3) is 5.58. The number of hydrogen-bond acceptors (Lipinski definition) is 6. The standard InChI is InChI=1S/C23H32O6/c1-5-28-20(25)22(2,3)29-18-13-11-17(12-14-18)9-8-10-19(24)23(21(26)27-4)15-6-7-16-23/h11-14H,5-10,15-16H2,1-4H3. The lowest BCUT2D eigenvalue weighted by Crippen LogP contribution is -2.39. The number of rotatable bonds is 10. The van der Waals surface area contributed by atoms with Gasteiger partial charge >= 0.3 is 11.9 Å². The summed E-state index contributed by atoms with van der Waals surface area (Å²) >= 11 is 0. The number of methoxy groups -OCH3 is 1. The van der Waals surface area contributed by atoms with Crippen LogP contribution in [0.1, 0.15) is 64.9 Å². The van der Waals surface area contributed by atoms with E-state index in [0.29, 0.717) is 38.0 Å². The molecule has 0 aromatic heterocycles. The molecule has 0 N–H and O–H groups in total. The minimum Gasteiger partial charge on any atom is -0.476 e. The lowest BCUT2D eigenvalue weighted by molar-refractivity contribution is -0.159. The minimum atomic E-state index is -1.06. The van der Waals surface area contributed by atoms with Crippen molar-refractivity contribution in [2.24, 2.45) is 5.41 Å². The zero-order valence-electron chi connectivity index (χ0n) is 17.9. The van der Waals surface area contributed by atoms with Gasteiger partial charge in [0.25, 0.3) is 0 Å². The fourth-order valence-electron chi connectivity index (χ4n) is 3.83. The summed E-state index contributed by atoms with van der Waals surface area (Å²) in [5.41, 5.74) is -0.920. The maximum atomic E-state index is 12.7. The first-order valence-electron chi connectivity index (χ1n) is 10.3. The Bertz CT molecular complexity index is 713. The van der Waals surface area contributed by atoms with E-state index in [4.69, 9.17) is 14.2 Å². The van der Waals surface area contributed by atoms with Crippen LogP contribution in [0.2, 0.25) is 0 Å². The molecule has 0 bridgehead atoms. The molecule has 0 aliphatic heterocycles. The molecule has 0 radical (unpaired) electrons. The SMILES string of the molecule is CCOC(=O)C(C)(C)Oc1ccc(CCCC(=O)C2(C(=O)OC)CCCC2)cc1. The molecule has 1 saturated carbocycles. The van der Waals surface area contributed by atoms with Crippen molar-refractivity contribution in [3.05, 3.63) is 29.8 Å². The highest BCUT2D eigenvalue weighted by Crippen LogP contribution is 2.41. The second kappa shape index (κ2) is 9.90. The molecule has 0 unspecified atom stereocenters. The highest BCUT2D eigenvalue weighted by atomic mass is 16.6. The van der Waals surface area contributed by atoms with Crippen LogP contribution in [0, 0.1) is 5.41 Å². The highest BCUT2D eigenvalue weighted by molar-refractivity contribution is 6.04. The molecule has 160 valence electrons. The van der Waals surface area contributed by atoms with Gasteiger partial charge in [0, 0.05) is 6.42 Å². The summed E-state index contributed by atoms with van der Waals surface area (Å²) in [5.74, 6) is -0.212. The number of aryl methyl sites for hydroxylation is 1. The van der Waals surface area contributed by atoms with Gasteiger partial charge in [-0.05, 0) is 64.2 Å². The molecule has 29 heavy (non-hydrogen) atoms. The maximum Gasteiger partial charge on any atom is 0.349 e. The van der Waals surface area contributed by atoms with Gasteiger partial charge in [-0.2, -0.15) is 0 Å². The van der Waals surface area contributed by atoms with Crippen LogP contribution in [0.15, 0.2) is 24.3 Å². The van der Waals surface area contributed by atoms with Gasteiger partial charge in [-0.1, -0.05) is 25.0 Å². The second-order valence-electron chi connectivity index (χ2n) is 8.03. The van der Waals surface area contributed by atoms with Crippen LogP contribution in [-0.2, 0) is 30.3 Å². The number of carbonyl (C=O) groups excluding carboxylic acids is 3. The van der Waals surface area contributed by atoms with E-state index in [2.05, 4.69) is 0 Å². The predicted octanol–water partition coefficient (Wildman–Crippen LogP) is 4.03. The van der Waals surface area contributed by atoms with E-state index in [0.717, 1.165) is 24.8 Å². The van der Waals surface area contributed by atoms with Crippen molar-refractivity contribution < 1.29 is 28.6 Å². The average molecular weight is 405 g/mol. The molecule has 1 aromatic rings. The first kappa shape index (κ1) is 22.9. The van der Waals surface area contributed by atoms with Crippen molar-refractivity contribution in [2.45, 2.75) is 71.3 Å². The smallest absolute Gasteiger partial charge is 0.349 e. The zero-order chi connectivity index (χ0) is 21.5. The second-order valence-corrected chi connectivity index (χ2v) is 8.03. The molecule has 6 nitrogen and oxygen atoms in total. The molecule has 2 rings (SSSR count). The molecule has 0 spiro atoms. The van der Waals surface area contributed by atoms with Crippen molar-refractivity contribution in [3.63, 3.8) is 0 Å². The van der Waals surface area contributed by atoms with Gasteiger partial charge in [0.05, 0.1) is 13.7 Å². The fraction of sp³-hybridized carbons (Fsp3) is 0.609. The molecule has 1 aromatic carbocycles. The van der Waals surface area contributed by atoms with Crippen LogP contribution in [-0.4, -0.2) is 37.0 Å². The lowest BCUT2D eigenvalue weighted by Gasteiger charge is -2.24. The molecule has 0 saturated heterocycles. The number of Topliss-reactive ketones (excluding diaryl/α,β-unsaturated/α-hetero) is 1. The Morgan fingerprint density at radius 1 is 1.07 bits per heavy atom. The Morgan fingerprint density at radius 2 is 1.69 bits per heavy atom. The number of ether oxygens (including phenoxy) is 3. The van der Waals surface area contributed by atoms with Gasteiger partial charge in [0.1, 0.15) is 16.9 Å². The summed E-state index contributed by atoms with van der Waals surface area (Å²) in [6.45, 7) is 5.41. The van der Waals surface area contributed by atoms with Crippen LogP contribution in [0.5, 0.6) is 5.75 Å². The first-order valence-corrected chi connectivity index (χ1v) is 10.3. The quantitative estimate of drug-likeness (QED) is 0.433. The van der Waals surface area contributed by atoms with E-state index in [-0.39, 0.29) is 11.8 Å². The monoisotopic (exact) mass is 404 g/mol. The number of esters is 2. The fourth-order valence-corrected chi connectivity index (χ4v) is 3.83. The Hall–Kier alpha value is -2.37. The zero-order valence-corrected chi connectivity index (χ0v) is 17.9. The summed E-state index contributed by atoms with van der Waals surface area (Å²) in [4.78, 5) is 36.8. The van der Waals surface area contributed by atoms with Crippen molar-refractivity contribution in [1.82, 2.24) is 0 Å². The Morgan fingerprint density at radius 3 is 2.24 bits per heavy atom. The normalized spacial score (nSPS) is 15.6. The molecular formula is C23H32O6. The molecule has 0 heterocycles. The summed E-state index contributed by atoms with van der Waals surface area (Å²) in [5, 5.41) is 0. The molecule has 1 fully saturated rings. The Balaban J connectivity index is 1.88. The molecule has 6 heteroatoms. The van der Waals surface area contributed by atoms with Crippen molar-refractivity contribution in [3.8, 4) is 5.75 Å². The summed E-state index contributed by atoms with van der Waals surface area (Å²) < 4.78 is 15.7. The predicted molar refractivity (Wildman–Crippen MR) is 109 cm³/mol. The Kier molecular flexibility index (Phi) is 7.82. The summed E-state index contributed by atoms with van der Waals surface area (Å²) in [6.07, 6.45) is 4.75. The topological polar surface area (TPSA) is 78.9 Å². The number of hydrogen-bond donors (Lipinski definition) is 0. The van der Waals surface area contributed by atoms with Crippen molar-refractivity contribution in [2.75, 3.05) is 13.7 Å². The van der Waals surface area contributed by atoms with Gasteiger partial charge in [0.15, 0.2) is 5.60 Å². The van der Waals surface area contributed by atoms with Gasteiger partial charge in [0.2, 0.25) is 0 Å². The molecular weight excluding hydrogens is 372 g/mol. The Labute approximate surface area is 172 Å². The third-order valence-electron chi connectivity index (χ3n) is 5.50. The molecule has 0 amide bonds. The third-order valence-corrected chi connectivity index (χ3v) is 5.50. The molecule has 1 aliphatic rings.